The summed E-state index contributed by atoms with van der Waals surface area (Å²) in [5.41, 5.74) is 7.83. The molecule has 0 unspecified atom stereocenters. The van der Waals surface area contributed by atoms with E-state index < -0.39 is 56.3 Å². The molecule has 0 bridgehead atoms. The number of benzene rings is 4. The van der Waals surface area contributed by atoms with Gasteiger partial charge in [-0.3, -0.25) is 9.88 Å². The number of halogens is 3. The van der Waals surface area contributed by atoms with Crippen molar-refractivity contribution in [2.45, 2.75) is 101 Å². The zero-order valence-corrected chi connectivity index (χ0v) is 40.1. The van der Waals surface area contributed by atoms with Crippen LogP contribution < -0.4 is 9.64 Å². The standard InChI is InChI=1S/C55H59F3N6O2Si/c1-34(2)67(35(3)4,36(5)6)26-21-37-19-13-20-40-27-42(60-49(38-15-9-7-10-16-38)39-17-11-8-12-18-39)28-43(46(37)40)50-48(58)51-44(30-59-50)53(64-24-25-65-32-45-47(57)52(45)64)62-54(61-51)66-33-55-22-14-23-63(55)31-41(56)29-55/h7-13,15-20,27-28,30,34-36,41,45,47,52H,14,22-25,29,31-33H2,1-6H3/t41-,45+,47+,52+,55+/m1/s1/i33D2. The molecule has 10 rings (SSSR count). The molecular formula is C55H59F3N6O2Si. The maximum atomic E-state index is 18.3. The van der Waals surface area contributed by atoms with E-state index >= 15 is 13.2 Å². The molecule has 12 heteroatoms. The summed E-state index contributed by atoms with van der Waals surface area (Å²) in [6.07, 6.45) is 0.0849. The smallest absolute Gasteiger partial charge is 0.319 e. The van der Waals surface area contributed by atoms with Gasteiger partial charge in [0, 0.05) is 59.3 Å². The van der Waals surface area contributed by atoms with Crippen LogP contribution in [0.15, 0.2) is 102 Å². The molecule has 0 N–H and O–H groups in total. The van der Waals surface area contributed by atoms with Crippen molar-refractivity contribution in [3.63, 3.8) is 0 Å². The lowest BCUT2D eigenvalue weighted by molar-refractivity contribution is 0.107. The van der Waals surface area contributed by atoms with Crippen molar-refractivity contribution in [1.29, 1.82) is 0 Å². The molecule has 6 aromatic rings. The number of pyridine rings is 1. The Bertz CT molecular complexity index is 2940. The Morgan fingerprint density at radius 2 is 1.66 bits per heavy atom. The van der Waals surface area contributed by atoms with Crippen LogP contribution in [0, 0.1) is 23.2 Å². The molecule has 4 fully saturated rings. The Labute approximate surface area is 395 Å². The normalized spacial score (nSPS) is 23.4. The summed E-state index contributed by atoms with van der Waals surface area (Å²) in [6.45, 7) is 12.6. The number of aromatic nitrogens is 3. The number of rotatable bonds is 11. The average Bonchev–Trinajstić information content (AvgIpc) is 3.69. The second kappa shape index (κ2) is 18.1. The monoisotopic (exact) mass is 922 g/mol. The van der Waals surface area contributed by atoms with Gasteiger partial charge in [-0.1, -0.05) is 120 Å². The first kappa shape index (κ1) is 42.7. The lowest BCUT2D eigenvalue weighted by Crippen LogP contribution is -2.43. The van der Waals surface area contributed by atoms with Gasteiger partial charge >= 0.3 is 6.01 Å². The number of ether oxygens (including phenoxy) is 2. The maximum Gasteiger partial charge on any atom is 0.319 e. The highest BCUT2D eigenvalue weighted by molar-refractivity contribution is 6.90. The predicted molar refractivity (Wildman–Crippen MR) is 265 cm³/mol. The third kappa shape index (κ3) is 8.21. The minimum atomic E-state index is -2.46. The van der Waals surface area contributed by atoms with Gasteiger partial charge in [-0.2, -0.15) is 9.97 Å². The van der Waals surface area contributed by atoms with Crippen molar-refractivity contribution in [2.75, 3.05) is 44.3 Å². The molecule has 2 aromatic heterocycles. The molecule has 3 aliphatic heterocycles. The van der Waals surface area contributed by atoms with E-state index in [0.29, 0.717) is 52.6 Å². The van der Waals surface area contributed by atoms with Crippen molar-refractivity contribution in [3.05, 3.63) is 120 Å². The number of nitrogens with zero attached hydrogens (tertiary/aromatic N) is 6. The van der Waals surface area contributed by atoms with Gasteiger partial charge in [-0.05, 0) is 59.6 Å². The summed E-state index contributed by atoms with van der Waals surface area (Å²) in [6, 6.07) is 28.6. The van der Waals surface area contributed by atoms with Crippen LogP contribution in [0.5, 0.6) is 6.01 Å². The summed E-state index contributed by atoms with van der Waals surface area (Å²) in [7, 11) is -2.23. The Kier molecular flexibility index (Phi) is 11.6. The number of anilines is 1. The summed E-state index contributed by atoms with van der Waals surface area (Å²) < 4.78 is 79.5. The minimum absolute atomic E-state index is 0.0260. The summed E-state index contributed by atoms with van der Waals surface area (Å²) in [5.74, 6) is 2.62. The molecule has 8 nitrogen and oxygen atoms in total. The fourth-order valence-corrected chi connectivity index (χ4v) is 16.8. The van der Waals surface area contributed by atoms with Gasteiger partial charge in [0.05, 0.1) is 44.3 Å². The van der Waals surface area contributed by atoms with Crippen LogP contribution in [0.1, 0.15) is 80.2 Å². The lowest BCUT2D eigenvalue weighted by atomic mass is 9.95. The third-order valence-electron chi connectivity index (χ3n) is 14.9. The predicted octanol–water partition coefficient (Wildman–Crippen LogP) is 11.9. The number of hydrogen-bond donors (Lipinski definition) is 0. The molecule has 1 aliphatic carbocycles. The van der Waals surface area contributed by atoms with Gasteiger partial charge in [0.2, 0.25) is 0 Å². The summed E-state index contributed by atoms with van der Waals surface area (Å²) >= 11 is 0. The molecular weight excluding hydrogens is 862 g/mol. The lowest BCUT2D eigenvalue weighted by Gasteiger charge is -2.38. The van der Waals surface area contributed by atoms with Crippen molar-refractivity contribution in [2.24, 2.45) is 10.9 Å². The van der Waals surface area contributed by atoms with Crippen molar-refractivity contribution < 1.29 is 25.4 Å². The van der Waals surface area contributed by atoms with E-state index in [1.807, 2.05) is 95.9 Å². The molecule has 5 heterocycles. The molecule has 0 spiro atoms. The quantitative estimate of drug-likeness (QED) is 0.0728. The molecule has 346 valence electrons. The SMILES string of the molecule is [2H]C([2H])(Oc1nc(N2CCOC[C@H]3[C@H](F)[C@H]32)c2cnc(-c3cc(N=C(c4ccccc4)c4ccccc4)cc4cccc(C#C[Si](C(C)C)(C(C)C)C(C)C)c34)c(F)c2n1)[C@@]12CCCN1C[C@H](F)C2. The van der Waals surface area contributed by atoms with Gasteiger partial charge in [-0.15, -0.1) is 5.54 Å². The van der Waals surface area contributed by atoms with E-state index in [0.717, 1.165) is 27.8 Å². The number of hydrogen-bond acceptors (Lipinski definition) is 8. The maximum absolute atomic E-state index is 18.3. The zero-order chi connectivity index (χ0) is 48.4. The van der Waals surface area contributed by atoms with Crippen LogP contribution in [-0.4, -0.2) is 97.0 Å². The van der Waals surface area contributed by atoms with E-state index in [4.69, 9.17) is 24.4 Å². The molecule has 0 amide bonds. The summed E-state index contributed by atoms with van der Waals surface area (Å²) in [5, 5.41) is 1.70. The molecule has 3 saturated heterocycles. The molecule has 5 atom stereocenters. The van der Waals surface area contributed by atoms with Gasteiger partial charge in [-0.25, -0.2) is 18.2 Å². The van der Waals surface area contributed by atoms with E-state index in [9.17, 15) is 2.74 Å². The first-order valence-electron chi connectivity index (χ1n) is 24.9. The number of aliphatic imine (C=N–C) groups is 1. The second-order valence-corrected chi connectivity index (χ2v) is 25.3. The average molecular weight is 923 g/mol. The fraction of sp³-hybridized carbons (Fsp3) is 0.418. The van der Waals surface area contributed by atoms with E-state index in [1.54, 1.807) is 4.90 Å². The molecule has 67 heavy (non-hydrogen) atoms. The Morgan fingerprint density at radius 3 is 2.36 bits per heavy atom. The molecule has 4 aromatic carbocycles. The summed E-state index contributed by atoms with van der Waals surface area (Å²) in [4.78, 5) is 23.2. The topological polar surface area (TPSA) is 76.0 Å². The Morgan fingerprint density at radius 1 is 0.940 bits per heavy atom. The number of alkyl halides is 2. The van der Waals surface area contributed by atoms with Crippen LogP contribution in [0.25, 0.3) is 32.9 Å². The highest BCUT2D eigenvalue weighted by Gasteiger charge is 2.56. The van der Waals surface area contributed by atoms with Crippen molar-refractivity contribution >= 4 is 47.0 Å². The van der Waals surface area contributed by atoms with Crippen LogP contribution in [0.4, 0.5) is 24.7 Å². The molecule has 4 aliphatic rings. The number of fused-ring (bicyclic) bond motifs is 4. The fourth-order valence-electron chi connectivity index (χ4n) is 11.6. The minimum Gasteiger partial charge on any atom is -0.461 e. The van der Waals surface area contributed by atoms with Crippen LogP contribution >= 0.6 is 0 Å². The molecule has 0 radical (unpaired) electrons. The molecule has 1 saturated carbocycles. The van der Waals surface area contributed by atoms with Crippen molar-refractivity contribution in [1.82, 2.24) is 19.9 Å². The van der Waals surface area contributed by atoms with Crippen molar-refractivity contribution in [3.8, 4) is 28.7 Å². The first-order valence-corrected chi connectivity index (χ1v) is 26.1. The Balaban J connectivity index is 1.21. The van der Waals surface area contributed by atoms with Gasteiger partial charge in [0.1, 0.15) is 44.0 Å². The second-order valence-electron chi connectivity index (χ2n) is 19.7. The van der Waals surface area contributed by atoms with Crippen LogP contribution in [0.2, 0.25) is 16.6 Å². The van der Waals surface area contributed by atoms with Crippen LogP contribution in [0.3, 0.4) is 0 Å². The largest absolute Gasteiger partial charge is 0.461 e. The van der Waals surface area contributed by atoms with E-state index in [2.05, 4.69) is 58.0 Å². The highest BCUT2D eigenvalue weighted by Crippen LogP contribution is 2.47. The van der Waals surface area contributed by atoms with Gasteiger partial charge < -0.3 is 14.4 Å². The van der Waals surface area contributed by atoms with E-state index in [1.165, 1.54) is 6.20 Å². The zero-order valence-electron chi connectivity index (χ0n) is 41.1. The highest BCUT2D eigenvalue weighted by atomic mass is 28.3. The van der Waals surface area contributed by atoms with Crippen LogP contribution in [-0.2, 0) is 4.74 Å². The Hall–Kier alpha value is -5.61. The first-order chi connectivity index (χ1) is 33.1. The van der Waals surface area contributed by atoms with E-state index in [-0.39, 0.29) is 55.1 Å². The van der Waals surface area contributed by atoms with Gasteiger partial charge in [0.25, 0.3) is 0 Å². The van der Waals surface area contributed by atoms with Gasteiger partial charge in [0.15, 0.2) is 5.82 Å². The third-order valence-corrected chi connectivity index (χ3v) is 21.2.